The van der Waals surface area contributed by atoms with E-state index < -0.39 is 5.60 Å². The molecule has 1 aliphatic carbocycles. The maximum absolute atomic E-state index is 11.5. The molecule has 0 atom stereocenters. The Morgan fingerprint density at radius 1 is 0.969 bits per heavy atom. The Morgan fingerprint density at radius 3 is 2.38 bits per heavy atom. The summed E-state index contributed by atoms with van der Waals surface area (Å²) in [4.78, 5) is 16.5. The van der Waals surface area contributed by atoms with E-state index in [2.05, 4.69) is 9.88 Å². The summed E-state index contributed by atoms with van der Waals surface area (Å²) in [5.41, 5.74) is 3.07. The standard InChI is InChI=1S/C25H28N4O3/c1-31-18-14-17(15-19(16-18)32-2)25(30)9-12-29(13-10-25)24-20-6-5-8-21(20)27-23(28-24)22-7-3-4-11-26-22/h3-4,7,11,14-16,30H,5-6,8-10,12-13H2,1-2H3. The number of aromatic nitrogens is 3. The number of rotatable bonds is 5. The van der Waals surface area contributed by atoms with Gasteiger partial charge in [-0.2, -0.15) is 0 Å². The Balaban J connectivity index is 1.43. The number of methoxy groups -OCH3 is 2. The van der Waals surface area contributed by atoms with E-state index in [1.807, 2.05) is 36.4 Å². The van der Waals surface area contributed by atoms with Crippen LogP contribution in [-0.2, 0) is 18.4 Å². The van der Waals surface area contributed by atoms with E-state index in [0.717, 1.165) is 42.0 Å². The molecule has 0 spiro atoms. The molecule has 3 aromatic rings. The minimum atomic E-state index is -0.932. The van der Waals surface area contributed by atoms with Crippen LogP contribution in [0.1, 0.15) is 36.1 Å². The average molecular weight is 433 g/mol. The van der Waals surface area contributed by atoms with Crippen molar-refractivity contribution in [1.82, 2.24) is 15.0 Å². The van der Waals surface area contributed by atoms with Crippen molar-refractivity contribution < 1.29 is 14.6 Å². The van der Waals surface area contributed by atoms with Gasteiger partial charge in [0.1, 0.15) is 23.0 Å². The van der Waals surface area contributed by atoms with E-state index in [9.17, 15) is 5.11 Å². The van der Waals surface area contributed by atoms with E-state index in [4.69, 9.17) is 19.4 Å². The second-order valence-electron chi connectivity index (χ2n) is 8.48. The quantitative estimate of drug-likeness (QED) is 0.661. The summed E-state index contributed by atoms with van der Waals surface area (Å²) in [6, 6.07) is 11.4. The lowest BCUT2D eigenvalue weighted by molar-refractivity contribution is 0.0113. The highest BCUT2D eigenvalue weighted by molar-refractivity contribution is 5.59. The smallest absolute Gasteiger partial charge is 0.180 e. The number of benzene rings is 1. The van der Waals surface area contributed by atoms with Crippen LogP contribution >= 0.6 is 0 Å². The third-order valence-corrected chi connectivity index (χ3v) is 6.58. The molecule has 7 nitrogen and oxygen atoms in total. The Hall–Kier alpha value is -3.19. The molecule has 5 rings (SSSR count). The van der Waals surface area contributed by atoms with Crippen LogP contribution in [0.5, 0.6) is 11.5 Å². The van der Waals surface area contributed by atoms with Gasteiger partial charge in [-0.25, -0.2) is 9.97 Å². The maximum Gasteiger partial charge on any atom is 0.180 e. The number of piperidine rings is 1. The summed E-state index contributed by atoms with van der Waals surface area (Å²) >= 11 is 0. The number of anilines is 1. The maximum atomic E-state index is 11.5. The van der Waals surface area contributed by atoms with E-state index in [0.29, 0.717) is 43.3 Å². The van der Waals surface area contributed by atoms with E-state index in [1.54, 1.807) is 20.4 Å². The molecule has 0 saturated carbocycles. The molecule has 1 saturated heterocycles. The van der Waals surface area contributed by atoms with Gasteiger partial charge in [-0.15, -0.1) is 0 Å². The molecule has 2 aliphatic rings. The Labute approximate surface area is 188 Å². The van der Waals surface area contributed by atoms with E-state index in [1.165, 1.54) is 5.56 Å². The third-order valence-electron chi connectivity index (χ3n) is 6.58. The number of nitrogens with zero attached hydrogens (tertiary/aromatic N) is 4. The number of hydrogen-bond donors (Lipinski definition) is 1. The summed E-state index contributed by atoms with van der Waals surface area (Å²) in [6.45, 7) is 1.42. The summed E-state index contributed by atoms with van der Waals surface area (Å²) < 4.78 is 10.8. The van der Waals surface area contributed by atoms with Gasteiger partial charge in [0.25, 0.3) is 0 Å². The number of ether oxygens (including phenoxy) is 2. The van der Waals surface area contributed by atoms with E-state index in [-0.39, 0.29) is 0 Å². The number of fused-ring (bicyclic) bond motifs is 1. The molecule has 3 heterocycles. The van der Waals surface area contributed by atoms with Crippen LogP contribution in [-0.4, -0.2) is 47.4 Å². The van der Waals surface area contributed by atoms with Crippen molar-refractivity contribution in [1.29, 1.82) is 0 Å². The second kappa shape index (κ2) is 8.39. The van der Waals surface area contributed by atoms with Crippen LogP contribution in [0, 0.1) is 0 Å². The fourth-order valence-corrected chi connectivity index (χ4v) is 4.74. The number of aryl methyl sites for hydroxylation is 1. The lowest BCUT2D eigenvalue weighted by Gasteiger charge is -2.40. The molecular formula is C25H28N4O3. The van der Waals surface area contributed by atoms with Gasteiger partial charge in [-0.1, -0.05) is 6.07 Å². The highest BCUT2D eigenvalue weighted by atomic mass is 16.5. The molecular weight excluding hydrogens is 404 g/mol. The van der Waals surface area contributed by atoms with Crippen molar-refractivity contribution in [3.05, 3.63) is 59.4 Å². The van der Waals surface area contributed by atoms with Gasteiger partial charge in [0.05, 0.1) is 19.8 Å². The largest absolute Gasteiger partial charge is 0.497 e. The Kier molecular flexibility index (Phi) is 5.43. The molecule has 0 unspecified atom stereocenters. The van der Waals surface area contributed by atoms with Gasteiger partial charge in [0.2, 0.25) is 0 Å². The Morgan fingerprint density at radius 2 is 1.72 bits per heavy atom. The van der Waals surface area contributed by atoms with Gasteiger partial charge in [-0.3, -0.25) is 4.98 Å². The van der Waals surface area contributed by atoms with Crippen molar-refractivity contribution >= 4 is 5.82 Å². The lowest BCUT2D eigenvalue weighted by atomic mass is 9.84. The molecule has 1 aromatic carbocycles. The highest BCUT2D eigenvalue weighted by Gasteiger charge is 2.36. The van der Waals surface area contributed by atoms with Crippen molar-refractivity contribution in [3.8, 4) is 23.0 Å². The fourth-order valence-electron chi connectivity index (χ4n) is 4.74. The fraction of sp³-hybridized carbons (Fsp3) is 0.400. The van der Waals surface area contributed by atoms with Crippen LogP contribution in [0.2, 0.25) is 0 Å². The minimum absolute atomic E-state index is 0.598. The van der Waals surface area contributed by atoms with Crippen molar-refractivity contribution in [3.63, 3.8) is 0 Å². The molecule has 2 aromatic heterocycles. The van der Waals surface area contributed by atoms with Crippen molar-refractivity contribution in [2.24, 2.45) is 0 Å². The van der Waals surface area contributed by atoms with Gasteiger partial charge >= 0.3 is 0 Å². The van der Waals surface area contributed by atoms with Crippen LogP contribution < -0.4 is 14.4 Å². The Bertz CT molecular complexity index is 1090. The average Bonchev–Trinajstić information content (AvgIpc) is 3.33. The normalized spacial score (nSPS) is 17.2. The number of aliphatic hydroxyl groups is 1. The van der Waals surface area contributed by atoms with Gasteiger partial charge < -0.3 is 19.5 Å². The van der Waals surface area contributed by atoms with Crippen LogP contribution in [0.3, 0.4) is 0 Å². The zero-order chi connectivity index (χ0) is 22.1. The molecule has 0 bridgehead atoms. The van der Waals surface area contributed by atoms with E-state index >= 15 is 0 Å². The first-order chi connectivity index (χ1) is 15.6. The SMILES string of the molecule is COc1cc(OC)cc(C2(O)CCN(c3nc(-c4ccccn4)nc4c3CCC4)CC2)c1. The van der Waals surface area contributed by atoms with Crippen molar-refractivity contribution in [2.75, 3.05) is 32.2 Å². The van der Waals surface area contributed by atoms with Crippen LogP contribution in [0.15, 0.2) is 42.6 Å². The monoisotopic (exact) mass is 432 g/mol. The lowest BCUT2D eigenvalue weighted by Crippen LogP contribution is -2.43. The number of pyridine rings is 1. The predicted octanol–water partition coefficient (Wildman–Crippen LogP) is 3.53. The molecule has 166 valence electrons. The molecule has 1 fully saturated rings. The molecule has 1 aliphatic heterocycles. The molecule has 1 N–H and O–H groups in total. The molecule has 0 amide bonds. The topological polar surface area (TPSA) is 80.6 Å². The second-order valence-corrected chi connectivity index (χ2v) is 8.48. The minimum Gasteiger partial charge on any atom is -0.497 e. The zero-order valence-electron chi connectivity index (χ0n) is 18.5. The molecule has 32 heavy (non-hydrogen) atoms. The van der Waals surface area contributed by atoms with Crippen LogP contribution in [0.25, 0.3) is 11.5 Å². The summed E-state index contributed by atoms with van der Waals surface area (Å²) in [6.07, 6.45) is 6.05. The summed E-state index contributed by atoms with van der Waals surface area (Å²) in [5.74, 6) is 3.05. The van der Waals surface area contributed by atoms with Gasteiger partial charge in [-0.05, 0) is 61.9 Å². The van der Waals surface area contributed by atoms with Crippen LogP contribution in [0.4, 0.5) is 5.82 Å². The first-order valence-electron chi connectivity index (χ1n) is 11.1. The highest BCUT2D eigenvalue weighted by Crippen LogP contribution is 2.39. The van der Waals surface area contributed by atoms with Crippen molar-refractivity contribution in [2.45, 2.75) is 37.7 Å². The van der Waals surface area contributed by atoms with Gasteiger partial charge in [0.15, 0.2) is 5.82 Å². The zero-order valence-corrected chi connectivity index (χ0v) is 18.5. The van der Waals surface area contributed by atoms with Gasteiger partial charge in [0, 0.05) is 36.6 Å². The molecule has 0 radical (unpaired) electrons. The predicted molar refractivity (Wildman–Crippen MR) is 122 cm³/mol. The third kappa shape index (κ3) is 3.77. The number of hydrogen-bond acceptors (Lipinski definition) is 7. The summed E-state index contributed by atoms with van der Waals surface area (Å²) in [5, 5.41) is 11.5. The molecule has 7 heteroatoms. The first-order valence-corrected chi connectivity index (χ1v) is 11.1. The first kappa shape index (κ1) is 20.7. The summed E-state index contributed by atoms with van der Waals surface area (Å²) in [7, 11) is 3.25.